The Morgan fingerprint density at radius 2 is 1.52 bits per heavy atom. The van der Waals surface area contributed by atoms with Gasteiger partial charge >= 0.3 is 0 Å². The lowest BCUT2D eigenvalue weighted by atomic mass is 10.1. The summed E-state index contributed by atoms with van der Waals surface area (Å²) in [7, 11) is 3.87. The van der Waals surface area contributed by atoms with E-state index < -0.39 is 11.8 Å². The van der Waals surface area contributed by atoms with E-state index in [-0.39, 0.29) is 11.5 Å². The van der Waals surface area contributed by atoms with Crippen LogP contribution in [0.4, 0.5) is 10.1 Å². The summed E-state index contributed by atoms with van der Waals surface area (Å²) in [6, 6.07) is 21.9. The lowest BCUT2D eigenvalue weighted by Gasteiger charge is -2.13. The van der Waals surface area contributed by atoms with E-state index in [9.17, 15) is 14.0 Å². The van der Waals surface area contributed by atoms with Crippen molar-refractivity contribution in [1.82, 2.24) is 10.7 Å². The summed E-state index contributed by atoms with van der Waals surface area (Å²) >= 11 is 0. The molecular formula is C26H25FN4O2. The monoisotopic (exact) mass is 444 g/mol. The van der Waals surface area contributed by atoms with Crippen LogP contribution in [0.3, 0.4) is 0 Å². The molecule has 7 heteroatoms. The minimum Gasteiger partial charge on any atom is -0.378 e. The molecule has 33 heavy (non-hydrogen) atoms. The molecule has 0 heterocycles. The molecule has 0 aliphatic heterocycles. The molecule has 3 aromatic rings. The zero-order chi connectivity index (χ0) is 23.8. The first kappa shape index (κ1) is 23.4. The van der Waals surface area contributed by atoms with Crippen molar-refractivity contribution in [2.45, 2.75) is 6.92 Å². The third kappa shape index (κ3) is 6.61. The molecule has 0 aliphatic carbocycles. The highest BCUT2D eigenvalue weighted by Gasteiger charge is 2.15. The first-order valence-electron chi connectivity index (χ1n) is 10.3. The molecule has 168 valence electrons. The van der Waals surface area contributed by atoms with Crippen molar-refractivity contribution in [1.29, 1.82) is 0 Å². The molecule has 3 aromatic carbocycles. The zero-order valence-electron chi connectivity index (χ0n) is 18.7. The molecule has 6 nitrogen and oxygen atoms in total. The molecule has 0 unspecified atom stereocenters. The Kier molecular flexibility index (Phi) is 7.70. The number of carbonyl (C=O) groups excluding carboxylic acids is 2. The fourth-order valence-corrected chi connectivity index (χ4v) is 2.93. The number of anilines is 1. The van der Waals surface area contributed by atoms with E-state index in [1.54, 1.807) is 55.5 Å². The molecule has 0 atom stereocenters. The van der Waals surface area contributed by atoms with Crippen molar-refractivity contribution in [2.75, 3.05) is 19.0 Å². The molecular weight excluding hydrogens is 419 g/mol. The maximum absolute atomic E-state index is 13.1. The molecule has 0 saturated heterocycles. The third-order valence-electron chi connectivity index (χ3n) is 4.84. The fraction of sp³-hybridized carbons (Fsp3) is 0.115. The van der Waals surface area contributed by atoms with Crippen LogP contribution in [0.2, 0.25) is 0 Å². The number of halogens is 1. The van der Waals surface area contributed by atoms with Crippen LogP contribution < -0.4 is 15.6 Å². The van der Waals surface area contributed by atoms with Gasteiger partial charge in [-0.2, -0.15) is 5.10 Å². The maximum atomic E-state index is 13.1. The van der Waals surface area contributed by atoms with E-state index >= 15 is 0 Å². The number of nitrogens with one attached hydrogen (secondary N) is 2. The lowest BCUT2D eigenvalue weighted by molar-refractivity contribution is -0.117. The van der Waals surface area contributed by atoms with Crippen LogP contribution in [0.15, 0.2) is 89.7 Å². The Labute approximate surface area is 192 Å². The smallest absolute Gasteiger partial charge is 0.287 e. The van der Waals surface area contributed by atoms with Gasteiger partial charge in [-0.1, -0.05) is 42.5 Å². The minimum absolute atomic E-state index is 0.0390. The predicted octanol–water partition coefficient (Wildman–Crippen LogP) is 4.20. The molecule has 0 saturated carbocycles. The molecule has 2 N–H and O–H groups in total. The quantitative estimate of drug-likeness (QED) is 0.326. The van der Waals surface area contributed by atoms with Crippen molar-refractivity contribution in [3.05, 3.63) is 107 Å². The number of nitrogens with zero attached hydrogens (tertiary/aromatic N) is 2. The third-order valence-corrected chi connectivity index (χ3v) is 4.84. The van der Waals surface area contributed by atoms with Crippen LogP contribution >= 0.6 is 0 Å². The Hall–Kier alpha value is -4.26. The first-order valence-corrected chi connectivity index (χ1v) is 10.3. The van der Waals surface area contributed by atoms with Gasteiger partial charge in [0.2, 0.25) is 0 Å². The predicted molar refractivity (Wildman–Crippen MR) is 129 cm³/mol. The van der Waals surface area contributed by atoms with Crippen molar-refractivity contribution < 1.29 is 14.0 Å². The van der Waals surface area contributed by atoms with Crippen LogP contribution in [0, 0.1) is 5.82 Å². The first-order chi connectivity index (χ1) is 15.8. The highest BCUT2D eigenvalue weighted by Crippen LogP contribution is 2.15. The second-order valence-electron chi connectivity index (χ2n) is 7.51. The summed E-state index contributed by atoms with van der Waals surface area (Å²) in [5.74, 6) is -1.36. The summed E-state index contributed by atoms with van der Waals surface area (Å²) in [6.07, 6.45) is 1.58. The van der Waals surface area contributed by atoms with Crippen molar-refractivity contribution >= 4 is 29.3 Å². The summed E-state index contributed by atoms with van der Waals surface area (Å²) in [6.45, 7) is 1.69. The Balaban J connectivity index is 1.84. The number of carbonyl (C=O) groups is 2. The van der Waals surface area contributed by atoms with Gasteiger partial charge in [0.05, 0.1) is 5.71 Å². The standard InChI is InChI=1S/C26H25FN4O2/c1-18(20-11-13-22(27)14-12-20)29-30-26(33)24(28-25(32)21-7-5-4-6-8-21)17-19-9-15-23(16-10-19)31(2)3/h4-17H,1-3H3,(H,28,32)(H,30,33)/b24-17-,29-18+. The highest BCUT2D eigenvalue weighted by molar-refractivity contribution is 6.06. The number of hydrogen-bond donors (Lipinski definition) is 2. The van der Waals surface area contributed by atoms with Gasteiger partial charge in [-0.15, -0.1) is 0 Å². The van der Waals surface area contributed by atoms with E-state index in [1.807, 2.05) is 43.3 Å². The maximum Gasteiger partial charge on any atom is 0.287 e. The molecule has 0 fully saturated rings. The SMILES string of the molecule is C/C(=N\NC(=O)/C(=C/c1ccc(N(C)C)cc1)NC(=O)c1ccccc1)c1ccc(F)cc1. The molecule has 0 bridgehead atoms. The van der Waals surface area contributed by atoms with Crippen molar-refractivity contribution in [3.63, 3.8) is 0 Å². The fourth-order valence-electron chi connectivity index (χ4n) is 2.93. The number of amides is 2. The van der Waals surface area contributed by atoms with Crippen LogP contribution in [-0.2, 0) is 4.79 Å². The van der Waals surface area contributed by atoms with Crippen LogP contribution in [0.25, 0.3) is 6.08 Å². The van der Waals surface area contributed by atoms with E-state index in [1.165, 1.54) is 12.1 Å². The number of rotatable bonds is 7. The van der Waals surface area contributed by atoms with Gasteiger partial charge in [0.1, 0.15) is 11.5 Å². The van der Waals surface area contributed by atoms with Crippen LogP contribution in [0.5, 0.6) is 0 Å². The van der Waals surface area contributed by atoms with Crippen molar-refractivity contribution in [2.24, 2.45) is 5.10 Å². The van der Waals surface area contributed by atoms with E-state index in [0.717, 1.165) is 11.3 Å². The number of benzene rings is 3. The molecule has 3 rings (SSSR count). The van der Waals surface area contributed by atoms with Gasteiger partial charge in [0.25, 0.3) is 11.8 Å². The summed E-state index contributed by atoms with van der Waals surface area (Å²) in [5.41, 5.74) is 5.82. The van der Waals surface area contributed by atoms with Gasteiger partial charge in [0.15, 0.2) is 0 Å². The Morgan fingerprint density at radius 3 is 2.12 bits per heavy atom. The van der Waals surface area contributed by atoms with Gasteiger partial charge in [-0.25, -0.2) is 9.82 Å². The minimum atomic E-state index is -0.586. The van der Waals surface area contributed by atoms with E-state index in [2.05, 4.69) is 15.8 Å². The van der Waals surface area contributed by atoms with Crippen molar-refractivity contribution in [3.8, 4) is 0 Å². The van der Waals surface area contributed by atoms with Gasteiger partial charge < -0.3 is 10.2 Å². The largest absolute Gasteiger partial charge is 0.378 e. The van der Waals surface area contributed by atoms with Gasteiger partial charge in [-0.3, -0.25) is 9.59 Å². The zero-order valence-corrected chi connectivity index (χ0v) is 18.7. The molecule has 0 aromatic heterocycles. The van der Waals surface area contributed by atoms with E-state index in [0.29, 0.717) is 16.8 Å². The molecule has 2 amide bonds. The lowest BCUT2D eigenvalue weighted by Crippen LogP contribution is -2.33. The summed E-state index contributed by atoms with van der Waals surface area (Å²) in [4.78, 5) is 27.5. The molecule has 0 spiro atoms. The summed E-state index contributed by atoms with van der Waals surface area (Å²) in [5, 5.41) is 6.77. The van der Waals surface area contributed by atoms with Crippen LogP contribution in [-0.4, -0.2) is 31.6 Å². The highest BCUT2D eigenvalue weighted by atomic mass is 19.1. The number of hydrazone groups is 1. The molecule has 0 aliphatic rings. The van der Waals surface area contributed by atoms with Crippen LogP contribution in [0.1, 0.15) is 28.4 Å². The topological polar surface area (TPSA) is 73.8 Å². The Bertz CT molecular complexity index is 1170. The number of hydrogen-bond acceptors (Lipinski definition) is 4. The second kappa shape index (κ2) is 10.9. The normalized spacial score (nSPS) is 11.6. The molecule has 0 radical (unpaired) electrons. The van der Waals surface area contributed by atoms with Gasteiger partial charge in [0, 0.05) is 25.3 Å². The summed E-state index contributed by atoms with van der Waals surface area (Å²) < 4.78 is 13.1. The Morgan fingerprint density at radius 1 is 0.879 bits per heavy atom. The second-order valence-corrected chi connectivity index (χ2v) is 7.51. The van der Waals surface area contributed by atoms with E-state index in [4.69, 9.17) is 0 Å². The average molecular weight is 445 g/mol. The van der Waals surface area contributed by atoms with Gasteiger partial charge in [-0.05, 0) is 60.5 Å². The average Bonchev–Trinajstić information content (AvgIpc) is 2.83.